The summed E-state index contributed by atoms with van der Waals surface area (Å²) in [5.41, 5.74) is 2.56. The summed E-state index contributed by atoms with van der Waals surface area (Å²) >= 11 is 0. The van der Waals surface area contributed by atoms with Gasteiger partial charge in [-0.15, -0.1) is 0 Å². The Morgan fingerprint density at radius 3 is 2.43 bits per heavy atom. The van der Waals surface area contributed by atoms with Crippen LogP contribution in [0.5, 0.6) is 0 Å². The summed E-state index contributed by atoms with van der Waals surface area (Å²) in [7, 11) is 0. The summed E-state index contributed by atoms with van der Waals surface area (Å²) in [4.78, 5) is 0. The van der Waals surface area contributed by atoms with E-state index in [2.05, 4.69) is 71.0 Å². The molecule has 1 heteroatoms. The van der Waals surface area contributed by atoms with Crippen LogP contribution in [0.2, 0.25) is 0 Å². The molecule has 0 N–H and O–H groups in total. The Labute approximate surface area is 131 Å². The van der Waals surface area contributed by atoms with E-state index in [1.165, 1.54) is 24.0 Å². The van der Waals surface area contributed by atoms with Crippen molar-refractivity contribution in [1.82, 2.24) is 0 Å². The van der Waals surface area contributed by atoms with Gasteiger partial charge in [0.15, 0.2) is 0 Å². The normalized spacial score (nSPS) is 14.8. The first kappa shape index (κ1) is 18.0. The van der Waals surface area contributed by atoms with Gasteiger partial charge in [0.05, 0.1) is 12.2 Å². The highest BCUT2D eigenvalue weighted by atomic mass is 16.5. The zero-order valence-corrected chi connectivity index (χ0v) is 14.5. The van der Waals surface area contributed by atoms with Crippen LogP contribution in [0, 0.1) is 12.8 Å². The summed E-state index contributed by atoms with van der Waals surface area (Å²) in [6.45, 7) is 11.8. The molecule has 0 bridgehead atoms. The third-order valence-corrected chi connectivity index (χ3v) is 4.15. The van der Waals surface area contributed by atoms with Crippen molar-refractivity contribution in [2.75, 3.05) is 6.61 Å². The van der Waals surface area contributed by atoms with Crippen LogP contribution >= 0.6 is 0 Å². The number of hydrogen-bond acceptors (Lipinski definition) is 1. The lowest BCUT2D eigenvalue weighted by atomic mass is 9.93. The van der Waals surface area contributed by atoms with Gasteiger partial charge in [-0.2, -0.15) is 0 Å². The largest absolute Gasteiger partial charge is 0.371 e. The fourth-order valence-electron chi connectivity index (χ4n) is 2.35. The molecule has 0 spiro atoms. The molecule has 1 aromatic carbocycles. The quantitative estimate of drug-likeness (QED) is 0.540. The van der Waals surface area contributed by atoms with E-state index in [1.807, 2.05) is 0 Å². The Bertz CT molecular complexity index is 416. The molecule has 0 saturated heterocycles. The van der Waals surface area contributed by atoms with Crippen molar-refractivity contribution in [1.29, 1.82) is 0 Å². The van der Waals surface area contributed by atoms with Crippen LogP contribution in [-0.2, 0) is 4.74 Å². The van der Waals surface area contributed by atoms with Gasteiger partial charge in [0.1, 0.15) is 0 Å². The average Bonchev–Trinajstić information content (AvgIpc) is 2.45. The first-order valence-electron chi connectivity index (χ1n) is 8.32. The van der Waals surface area contributed by atoms with Gasteiger partial charge >= 0.3 is 0 Å². The molecule has 1 nitrogen and oxygen atoms in total. The Hall–Kier alpha value is -1.08. The topological polar surface area (TPSA) is 9.23 Å². The molecular weight excluding hydrogens is 256 g/mol. The molecule has 0 heterocycles. The molecule has 1 rings (SSSR count). The zero-order chi connectivity index (χ0) is 15.7. The average molecular weight is 288 g/mol. The van der Waals surface area contributed by atoms with E-state index in [9.17, 15) is 0 Å². The molecule has 1 unspecified atom stereocenters. The Kier molecular flexibility index (Phi) is 7.74. The second kappa shape index (κ2) is 9.04. The van der Waals surface area contributed by atoms with Gasteiger partial charge in [-0.25, -0.2) is 0 Å². The summed E-state index contributed by atoms with van der Waals surface area (Å²) in [5.74, 6) is 0.785. The molecule has 21 heavy (non-hydrogen) atoms. The molecular formula is C20H32O. The number of benzene rings is 1. The SMILES string of the molecule is CCC(C)(CCCC(C)C)OC/C=C/c1ccc(C)cc1. The van der Waals surface area contributed by atoms with E-state index in [1.54, 1.807) is 0 Å². The minimum Gasteiger partial charge on any atom is -0.371 e. The fraction of sp³-hybridized carbons (Fsp3) is 0.600. The first-order chi connectivity index (χ1) is 9.95. The highest BCUT2D eigenvalue weighted by molar-refractivity contribution is 5.49. The number of hydrogen-bond donors (Lipinski definition) is 0. The summed E-state index contributed by atoms with van der Waals surface area (Å²) in [6.07, 6.45) is 9.04. The van der Waals surface area contributed by atoms with E-state index < -0.39 is 0 Å². The third-order valence-electron chi connectivity index (χ3n) is 4.15. The van der Waals surface area contributed by atoms with Crippen LogP contribution in [0.25, 0.3) is 6.08 Å². The summed E-state index contributed by atoms with van der Waals surface area (Å²) in [6, 6.07) is 8.58. The number of ether oxygens (including phenoxy) is 1. The third kappa shape index (κ3) is 7.47. The highest BCUT2D eigenvalue weighted by Gasteiger charge is 2.21. The molecule has 0 aliphatic carbocycles. The van der Waals surface area contributed by atoms with Crippen LogP contribution in [0.4, 0.5) is 0 Å². The molecule has 0 aromatic heterocycles. The Morgan fingerprint density at radius 2 is 1.86 bits per heavy atom. The Balaban J connectivity index is 2.38. The van der Waals surface area contributed by atoms with E-state index in [-0.39, 0.29) is 5.60 Å². The summed E-state index contributed by atoms with van der Waals surface area (Å²) < 4.78 is 6.12. The predicted molar refractivity (Wildman–Crippen MR) is 93.6 cm³/mol. The van der Waals surface area contributed by atoms with E-state index >= 15 is 0 Å². The van der Waals surface area contributed by atoms with Crippen molar-refractivity contribution in [3.05, 3.63) is 41.5 Å². The van der Waals surface area contributed by atoms with Crippen LogP contribution in [0.15, 0.2) is 30.3 Å². The lowest BCUT2D eigenvalue weighted by molar-refractivity contribution is -0.0273. The monoisotopic (exact) mass is 288 g/mol. The van der Waals surface area contributed by atoms with Crippen LogP contribution < -0.4 is 0 Å². The van der Waals surface area contributed by atoms with E-state index in [4.69, 9.17) is 4.74 Å². The van der Waals surface area contributed by atoms with Gasteiger partial charge in [0.25, 0.3) is 0 Å². The zero-order valence-electron chi connectivity index (χ0n) is 14.5. The summed E-state index contributed by atoms with van der Waals surface area (Å²) in [5, 5.41) is 0. The van der Waals surface area contributed by atoms with Crippen LogP contribution in [0.3, 0.4) is 0 Å². The molecule has 1 atom stereocenters. The van der Waals surface area contributed by atoms with Crippen LogP contribution in [-0.4, -0.2) is 12.2 Å². The van der Waals surface area contributed by atoms with Crippen molar-refractivity contribution >= 4 is 6.08 Å². The predicted octanol–water partition coefficient (Wildman–Crippen LogP) is 6.02. The van der Waals surface area contributed by atoms with E-state index in [0.717, 1.165) is 18.8 Å². The van der Waals surface area contributed by atoms with Crippen molar-refractivity contribution in [2.24, 2.45) is 5.92 Å². The van der Waals surface area contributed by atoms with Crippen LogP contribution in [0.1, 0.15) is 64.5 Å². The van der Waals surface area contributed by atoms with Gasteiger partial charge in [-0.05, 0) is 38.2 Å². The highest BCUT2D eigenvalue weighted by Crippen LogP contribution is 2.24. The van der Waals surface area contributed by atoms with Crippen molar-refractivity contribution < 1.29 is 4.74 Å². The van der Waals surface area contributed by atoms with Gasteiger partial charge in [0.2, 0.25) is 0 Å². The van der Waals surface area contributed by atoms with Gasteiger partial charge in [-0.3, -0.25) is 0 Å². The lowest BCUT2D eigenvalue weighted by Crippen LogP contribution is -2.28. The lowest BCUT2D eigenvalue weighted by Gasteiger charge is -2.28. The molecule has 0 amide bonds. The van der Waals surface area contributed by atoms with Gasteiger partial charge < -0.3 is 4.74 Å². The number of aryl methyl sites for hydroxylation is 1. The molecule has 118 valence electrons. The minimum absolute atomic E-state index is 0.0203. The van der Waals surface area contributed by atoms with Crippen molar-refractivity contribution in [3.8, 4) is 0 Å². The van der Waals surface area contributed by atoms with E-state index in [0.29, 0.717) is 6.61 Å². The molecule has 0 aliphatic heterocycles. The molecule has 1 aromatic rings. The van der Waals surface area contributed by atoms with Gasteiger partial charge in [-0.1, -0.05) is 75.6 Å². The van der Waals surface area contributed by atoms with Crippen molar-refractivity contribution in [2.45, 2.75) is 65.9 Å². The maximum atomic E-state index is 6.12. The first-order valence-corrected chi connectivity index (χ1v) is 8.32. The molecule has 0 fully saturated rings. The molecule has 0 saturated carbocycles. The van der Waals surface area contributed by atoms with Gasteiger partial charge in [0, 0.05) is 0 Å². The second-order valence-electron chi connectivity index (χ2n) is 6.71. The fourth-order valence-corrected chi connectivity index (χ4v) is 2.35. The van der Waals surface area contributed by atoms with Crippen molar-refractivity contribution in [3.63, 3.8) is 0 Å². The molecule has 0 aliphatic rings. The Morgan fingerprint density at radius 1 is 1.19 bits per heavy atom. The maximum absolute atomic E-state index is 6.12. The number of rotatable bonds is 9. The second-order valence-corrected chi connectivity index (χ2v) is 6.71. The smallest absolute Gasteiger partial charge is 0.0658 e. The standard InChI is InChI=1S/C20H32O/c1-6-20(5,15-7-9-17(2)3)21-16-8-10-19-13-11-18(4)12-14-19/h8,10-14,17H,6-7,9,15-16H2,1-5H3/b10-8+. The maximum Gasteiger partial charge on any atom is 0.0658 e. The minimum atomic E-state index is 0.0203. The molecule has 0 radical (unpaired) electrons.